The van der Waals surface area contributed by atoms with Gasteiger partial charge >= 0.3 is 0 Å². The van der Waals surface area contributed by atoms with Crippen molar-refractivity contribution in [3.63, 3.8) is 0 Å². The highest BCUT2D eigenvalue weighted by molar-refractivity contribution is 4.66. The molecule has 2 unspecified atom stereocenters. The molecule has 0 amide bonds. The number of rotatable bonds is 4. The van der Waals surface area contributed by atoms with Crippen LogP contribution in [0.25, 0.3) is 0 Å². The van der Waals surface area contributed by atoms with Gasteiger partial charge in [0.2, 0.25) is 0 Å². The summed E-state index contributed by atoms with van der Waals surface area (Å²) in [7, 11) is 0. The molecule has 0 aliphatic carbocycles. The lowest BCUT2D eigenvalue weighted by atomic mass is 10.00. The van der Waals surface area contributed by atoms with Gasteiger partial charge in [-0.15, -0.1) is 0 Å². The van der Waals surface area contributed by atoms with Gasteiger partial charge in [-0.25, -0.2) is 0 Å². The third-order valence-corrected chi connectivity index (χ3v) is 1.64. The van der Waals surface area contributed by atoms with Crippen LogP contribution in [0.15, 0.2) is 0 Å². The lowest BCUT2D eigenvalue weighted by Gasteiger charge is -2.15. The number of nitrogens with two attached hydrogens (primary N) is 1. The van der Waals surface area contributed by atoms with Crippen LogP contribution in [-0.2, 0) is 0 Å². The van der Waals surface area contributed by atoms with E-state index < -0.39 is 0 Å². The Morgan fingerprint density at radius 2 is 2.11 bits per heavy atom. The molecule has 0 spiro atoms. The Bertz CT molecular complexity index is 65.9. The number of aliphatic hydroxyl groups excluding tert-OH is 1. The predicted octanol–water partition coefficient (Wildman–Crippen LogP) is 0.742. The molecule has 0 aliphatic heterocycles. The minimum atomic E-state index is 0.181. The first kappa shape index (κ1) is 8.92. The topological polar surface area (TPSA) is 46.2 Å². The summed E-state index contributed by atoms with van der Waals surface area (Å²) in [5, 5.41) is 8.65. The summed E-state index contributed by atoms with van der Waals surface area (Å²) >= 11 is 0. The van der Waals surface area contributed by atoms with Gasteiger partial charge < -0.3 is 10.8 Å². The summed E-state index contributed by atoms with van der Waals surface area (Å²) in [5.74, 6) is 0.255. The van der Waals surface area contributed by atoms with Crippen LogP contribution in [0.4, 0.5) is 0 Å². The van der Waals surface area contributed by atoms with Crippen LogP contribution >= 0.6 is 0 Å². The zero-order valence-corrected chi connectivity index (χ0v) is 6.30. The van der Waals surface area contributed by atoms with E-state index in [1.165, 1.54) is 0 Å². The Kier molecular flexibility index (Phi) is 4.72. The van der Waals surface area contributed by atoms with Crippen molar-refractivity contribution in [3.05, 3.63) is 0 Å². The fourth-order valence-electron chi connectivity index (χ4n) is 0.753. The van der Waals surface area contributed by atoms with E-state index in [1.807, 2.05) is 6.92 Å². The van der Waals surface area contributed by atoms with Gasteiger partial charge in [0.15, 0.2) is 0 Å². The molecule has 0 aliphatic rings. The summed E-state index contributed by atoms with van der Waals surface area (Å²) in [5.41, 5.74) is 5.68. The first-order valence-corrected chi connectivity index (χ1v) is 3.58. The molecule has 56 valence electrons. The molecule has 0 aromatic carbocycles. The Hall–Kier alpha value is -0.0800. The van der Waals surface area contributed by atoms with E-state index >= 15 is 0 Å². The molecule has 3 N–H and O–H groups in total. The van der Waals surface area contributed by atoms with Crippen LogP contribution < -0.4 is 5.73 Å². The van der Waals surface area contributed by atoms with E-state index in [2.05, 4.69) is 6.92 Å². The summed E-state index contributed by atoms with van der Waals surface area (Å²) in [6.07, 6.45) is 2.12. The van der Waals surface area contributed by atoms with Gasteiger partial charge in [0.25, 0.3) is 0 Å². The Balaban J connectivity index is 3.32. The van der Waals surface area contributed by atoms with E-state index in [-0.39, 0.29) is 18.6 Å². The zero-order valence-electron chi connectivity index (χ0n) is 6.30. The summed E-state index contributed by atoms with van der Waals surface area (Å²) in [4.78, 5) is 0. The molecule has 0 aromatic heterocycles. The van der Waals surface area contributed by atoms with Crippen LogP contribution in [0.3, 0.4) is 0 Å². The molecule has 0 heterocycles. The van der Waals surface area contributed by atoms with Crippen molar-refractivity contribution in [2.75, 3.05) is 6.61 Å². The fraction of sp³-hybridized carbons (Fsp3) is 1.00. The summed E-state index contributed by atoms with van der Waals surface area (Å²) in [6, 6.07) is 0.181. The maximum atomic E-state index is 8.65. The van der Waals surface area contributed by atoms with Crippen molar-refractivity contribution in [2.24, 2.45) is 11.7 Å². The van der Waals surface area contributed by atoms with E-state index in [9.17, 15) is 0 Å². The molecular formula is C7H17NO. The molecular weight excluding hydrogens is 114 g/mol. The number of hydrogen-bond donors (Lipinski definition) is 2. The van der Waals surface area contributed by atoms with Crippen LogP contribution in [0, 0.1) is 5.92 Å². The third-order valence-electron chi connectivity index (χ3n) is 1.64. The smallest absolute Gasteiger partial charge is 0.0471 e. The highest BCUT2D eigenvalue weighted by atomic mass is 16.3. The van der Waals surface area contributed by atoms with Gasteiger partial charge in [-0.2, -0.15) is 0 Å². The van der Waals surface area contributed by atoms with Crippen LogP contribution in [0.2, 0.25) is 0 Å². The summed E-state index contributed by atoms with van der Waals surface area (Å²) < 4.78 is 0. The average Bonchev–Trinajstić information content (AvgIpc) is 1.87. The number of hydrogen-bond acceptors (Lipinski definition) is 2. The first-order valence-electron chi connectivity index (χ1n) is 3.58. The normalized spacial score (nSPS) is 17.3. The van der Waals surface area contributed by atoms with E-state index in [0.717, 1.165) is 12.8 Å². The van der Waals surface area contributed by atoms with Gasteiger partial charge in [-0.05, 0) is 12.3 Å². The standard InChI is InChI=1S/C7H17NO/c1-3-4-7(8)6(2)5-9/h6-7,9H,3-5,8H2,1-2H3. The van der Waals surface area contributed by atoms with Crippen LogP contribution in [0.1, 0.15) is 26.7 Å². The second-order valence-corrected chi connectivity index (χ2v) is 2.61. The Morgan fingerprint density at radius 3 is 2.44 bits per heavy atom. The lowest BCUT2D eigenvalue weighted by Crippen LogP contribution is -2.29. The SMILES string of the molecule is CCCC(N)C(C)CO. The predicted molar refractivity (Wildman–Crippen MR) is 39.1 cm³/mol. The molecule has 2 heteroatoms. The molecule has 0 radical (unpaired) electrons. The maximum absolute atomic E-state index is 8.65. The minimum Gasteiger partial charge on any atom is -0.396 e. The fourth-order valence-corrected chi connectivity index (χ4v) is 0.753. The molecule has 0 saturated carbocycles. The van der Waals surface area contributed by atoms with Gasteiger partial charge in [0, 0.05) is 12.6 Å². The molecule has 0 saturated heterocycles. The van der Waals surface area contributed by atoms with Crippen molar-refractivity contribution in [1.82, 2.24) is 0 Å². The molecule has 0 rings (SSSR count). The van der Waals surface area contributed by atoms with E-state index in [0.29, 0.717) is 0 Å². The highest BCUT2D eigenvalue weighted by Crippen LogP contribution is 2.04. The minimum absolute atomic E-state index is 0.181. The quantitative estimate of drug-likeness (QED) is 0.591. The van der Waals surface area contributed by atoms with Gasteiger partial charge in [-0.3, -0.25) is 0 Å². The molecule has 2 atom stereocenters. The largest absolute Gasteiger partial charge is 0.396 e. The van der Waals surface area contributed by atoms with Gasteiger partial charge in [0.05, 0.1) is 0 Å². The number of aliphatic hydroxyl groups is 1. The molecule has 2 nitrogen and oxygen atoms in total. The van der Waals surface area contributed by atoms with E-state index in [1.54, 1.807) is 0 Å². The third kappa shape index (κ3) is 3.49. The van der Waals surface area contributed by atoms with Crippen LogP contribution in [0.5, 0.6) is 0 Å². The lowest BCUT2D eigenvalue weighted by molar-refractivity contribution is 0.212. The maximum Gasteiger partial charge on any atom is 0.0471 e. The van der Waals surface area contributed by atoms with Crippen molar-refractivity contribution < 1.29 is 5.11 Å². The van der Waals surface area contributed by atoms with Gasteiger partial charge in [-0.1, -0.05) is 20.3 Å². The second kappa shape index (κ2) is 4.77. The zero-order chi connectivity index (χ0) is 7.28. The van der Waals surface area contributed by atoms with Crippen molar-refractivity contribution >= 4 is 0 Å². The second-order valence-electron chi connectivity index (χ2n) is 2.61. The van der Waals surface area contributed by atoms with Crippen LogP contribution in [-0.4, -0.2) is 17.8 Å². The summed E-state index contributed by atoms with van der Waals surface area (Å²) in [6.45, 7) is 4.28. The Morgan fingerprint density at radius 1 is 1.56 bits per heavy atom. The van der Waals surface area contributed by atoms with E-state index in [4.69, 9.17) is 10.8 Å². The average molecular weight is 131 g/mol. The van der Waals surface area contributed by atoms with Crippen molar-refractivity contribution in [1.29, 1.82) is 0 Å². The monoisotopic (exact) mass is 131 g/mol. The molecule has 0 bridgehead atoms. The highest BCUT2D eigenvalue weighted by Gasteiger charge is 2.08. The van der Waals surface area contributed by atoms with Crippen molar-refractivity contribution in [3.8, 4) is 0 Å². The van der Waals surface area contributed by atoms with Gasteiger partial charge in [0.1, 0.15) is 0 Å². The Labute approximate surface area is 57.1 Å². The molecule has 0 fully saturated rings. The molecule has 0 aromatic rings. The van der Waals surface area contributed by atoms with Crippen molar-refractivity contribution in [2.45, 2.75) is 32.7 Å². The first-order chi connectivity index (χ1) is 4.22. The molecule has 9 heavy (non-hydrogen) atoms.